The van der Waals surface area contributed by atoms with E-state index in [0.29, 0.717) is 33.0 Å². The summed E-state index contributed by atoms with van der Waals surface area (Å²) in [6.45, 7) is 2.92. The van der Waals surface area contributed by atoms with Crippen LogP contribution >= 0.6 is 47.2 Å². The molecule has 1 atom stereocenters. The summed E-state index contributed by atoms with van der Waals surface area (Å²) < 4.78 is 13.5. The molecule has 2 aromatic heterocycles. The molecule has 0 aliphatic carbocycles. The molecule has 0 saturated carbocycles. The van der Waals surface area contributed by atoms with Crippen LogP contribution in [0.5, 0.6) is 11.6 Å². The number of pyridine rings is 1. The second-order valence-corrected chi connectivity index (χ2v) is 10.6. The number of benzene rings is 1. The Hall–Kier alpha value is -2.43. The van der Waals surface area contributed by atoms with Gasteiger partial charge >= 0.3 is 0 Å². The van der Waals surface area contributed by atoms with Gasteiger partial charge in [-0.15, -0.1) is 0 Å². The molecule has 2 aliphatic heterocycles. The van der Waals surface area contributed by atoms with Crippen LogP contribution in [0.1, 0.15) is 24.0 Å². The average molecular weight is 548 g/mol. The van der Waals surface area contributed by atoms with Crippen molar-refractivity contribution in [3.05, 3.63) is 73.0 Å². The number of halogens is 2. The van der Waals surface area contributed by atoms with Crippen molar-refractivity contribution in [3.63, 3.8) is 0 Å². The van der Waals surface area contributed by atoms with E-state index >= 15 is 0 Å². The average Bonchev–Trinajstić information content (AvgIpc) is 3.43. The predicted octanol–water partition coefficient (Wildman–Crippen LogP) is 5.48. The largest absolute Gasteiger partial charge is 0.437 e. The highest BCUT2D eigenvalue weighted by Crippen LogP contribution is 2.36. The van der Waals surface area contributed by atoms with E-state index in [0.717, 1.165) is 30.2 Å². The van der Waals surface area contributed by atoms with Crippen molar-refractivity contribution >= 4 is 69.1 Å². The number of nitrogens with zero attached hydrogens (tertiary/aromatic N) is 3. The van der Waals surface area contributed by atoms with E-state index in [4.69, 9.17) is 44.9 Å². The minimum absolute atomic E-state index is 0.0258. The molecule has 3 aromatic rings. The smallest absolute Gasteiger partial charge is 0.269 e. The topological polar surface area (TPSA) is 73.1 Å². The van der Waals surface area contributed by atoms with Crippen molar-refractivity contribution in [1.29, 1.82) is 0 Å². The van der Waals surface area contributed by atoms with Crippen LogP contribution in [0.25, 0.3) is 11.7 Å². The first-order valence-corrected chi connectivity index (χ1v) is 12.8. The zero-order valence-electron chi connectivity index (χ0n) is 18.5. The minimum atomic E-state index is -0.386. The molecule has 1 aromatic carbocycles. The van der Waals surface area contributed by atoms with Crippen LogP contribution in [0.4, 0.5) is 0 Å². The number of hydrogen-bond acceptors (Lipinski definition) is 7. The van der Waals surface area contributed by atoms with Gasteiger partial charge in [-0.3, -0.25) is 18.9 Å². The maximum absolute atomic E-state index is 13.5. The molecular formula is C24H19Cl2N3O4S2. The fourth-order valence-electron chi connectivity index (χ4n) is 3.94. The highest BCUT2D eigenvalue weighted by Gasteiger charge is 2.35. The Morgan fingerprint density at radius 3 is 2.89 bits per heavy atom. The predicted molar refractivity (Wildman–Crippen MR) is 142 cm³/mol. The number of thioether (sulfide) groups is 1. The van der Waals surface area contributed by atoms with Gasteiger partial charge in [-0.1, -0.05) is 53.2 Å². The molecule has 0 spiro atoms. The molecule has 1 unspecified atom stereocenters. The molecule has 4 heterocycles. The second kappa shape index (κ2) is 9.91. The van der Waals surface area contributed by atoms with Crippen molar-refractivity contribution in [2.75, 3.05) is 13.2 Å². The normalized spacial score (nSPS) is 19.3. The van der Waals surface area contributed by atoms with E-state index < -0.39 is 0 Å². The number of aryl methyl sites for hydroxylation is 1. The lowest BCUT2D eigenvalue weighted by Gasteiger charge is -2.18. The first-order chi connectivity index (χ1) is 16.8. The van der Waals surface area contributed by atoms with Crippen LogP contribution in [0.2, 0.25) is 10.0 Å². The van der Waals surface area contributed by atoms with E-state index in [-0.39, 0.29) is 39.8 Å². The number of carbonyl (C=O) groups excluding carboxylic acids is 1. The molecule has 1 amide bonds. The van der Waals surface area contributed by atoms with Crippen LogP contribution < -0.4 is 10.3 Å². The highest BCUT2D eigenvalue weighted by atomic mass is 35.5. The third kappa shape index (κ3) is 4.83. The minimum Gasteiger partial charge on any atom is -0.437 e. The Labute approximate surface area is 220 Å². The van der Waals surface area contributed by atoms with Gasteiger partial charge in [0.1, 0.15) is 21.3 Å². The monoisotopic (exact) mass is 547 g/mol. The number of thiocarbonyl (C=S) groups is 1. The van der Waals surface area contributed by atoms with E-state index in [9.17, 15) is 9.59 Å². The zero-order chi connectivity index (χ0) is 24.7. The molecule has 0 bridgehead atoms. The van der Waals surface area contributed by atoms with E-state index in [1.807, 2.05) is 13.0 Å². The summed E-state index contributed by atoms with van der Waals surface area (Å²) in [5.41, 5.74) is 0.937. The molecule has 180 valence electrons. The molecule has 5 rings (SSSR count). The summed E-state index contributed by atoms with van der Waals surface area (Å²) in [5, 5.41) is 0.706. The van der Waals surface area contributed by atoms with Gasteiger partial charge in [-0.2, -0.15) is 4.98 Å². The van der Waals surface area contributed by atoms with E-state index in [2.05, 4.69) is 4.98 Å². The first kappa shape index (κ1) is 24.3. The summed E-state index contributed by atoms with van der Waals surface area (Å²) in [6, 6.07) is 8.35. The number of aromatic nitrogens is 2. The van der Waals surface area contributed by atoms with Gasteiger partial charge in [-0.05, 0) is 55.7 Å². The zero-order valence-corrected chi connectivity index (χ0v) is 21.6. The SMILES string of the molecule is Cc1cccn2c(=O)c(/C=C3/SC(=S)N(CC4CCCO4)C3=O)c(Oc3ccc(Cl)cc3Cl)nc12. The molecule has 7 nitrogen and oxygen atoms in total. The molecule has 35 heavy (non-hydrogen) atoms. The fourth-order valence-corrected chi connectivity index (χ4v) is 5.64. The Morgan fingerprint density at radius 1 is 1.31 bits per heavy atom. The van der Waals surface area contributed by atoms with Gasteiger partial charge in [-0.25, -0.2) is 0 Å². The van der Waals surface area contributed by atoms with Crippen molar-refractivity contribution in [3.8, 4) is 11.6 Å². The Bertz CT molecular complexity index is 1450. The highest BCUT2D eigenvalue weighted by molar-refractivity contribution is 8.26. The Morgan fingerprint density at radius 2 is 2.14 bits per heavy atom. The molecule has 0 radical (unpaired) electrons. The molecule has 0 N–H and O–H groups in total. The number of fused-ring (bicyclic) bond motifs is 1. The number of rotatable bonds is 5. The van der Waals surface area contributed by atoms with Gasteiger partial charge < -0.3 is 9.47 Å². The van der Waals surface area contributed by atoms with Crippen LogP contribution in [-0.4, -0.2) is 43.8 Å². The summed E-state index contributed by atoms with van der Waals surface area (Å²) >= 11 is 18.9. The lowest BCUT2D eigenvalue weighted by Crippen LogP contribution is -2.35. The second-order valence-electron chi connectivity index (χ2n) is 8.12. The van der Waals surface area contributed by atoms with Crippen LogP contribution in [-0.2, 0) is 9.53 Å². The fraction of sp³-hybridized carbons (Fsp3) is 0.250. The first-order valence-electron chi connectivity index (χ1n) is 10.8. The number of amides is 1. The van der Waals surface area contributed by atoms with Crippen LogP contribution in [0.15, 0.2) is 46.2 Å². The third-order valence-corrected chi connectivity index (χ3v) is 7.62. The van der Waals surface area contributed by atoms with Crippen LogP contribution in [0.3, 0.4) is 0 Å². The van der Waals surface area contributed by atoms with Gasteiger partial charge in [0, 0.05) is 17.8 Å². The summed E-state index contributed by atoms with van der Waals surface area (Å²) in [4.78, 5) is 33.1. The standard InChI is InChI=1S/C24H19Cl2N3O4S2/c1-13-4-2-8-28-20(13)27-21(33-18-7-6-14(25)10-17(18)26)16(22(28)30)11-19-23(31)29(24(34)35-19)12-15-5-3-9-32-15/h2,4,6-8,10-11,15H,3,5,9,12H2,1H3/b19-11+. The summed E-state index contributed by atoms with van der Waals surface area (Å²) in [6.07, 6.45) is 4.90. The van der Waals surface area contributed by atoms with Crippen LogP contribution in [0, 0.1) is 6.92 Å². The Kier molecular flexibility index (Phi) is 6.87. The number of ether oxygens (including phenoxy) is 2. The van der Waals surface area contributed by atoms with Crippen molar-refractivity contribution in [1.82, 2.24) is 14.3 Å². The number of carbonyl (C=O) groups is 1. The molecule has 2 fully saturated rings. The molecule has 2 saturated heterocycles. The maximum Gasteiger partial charge on any atom is 0.269 e. The van der Waals surface area contributed by atoms with Crippen molar-refractivity contribution < 1.29 is 14.3 Å². The van der Waals surface area contributed by atoms with Gasteiger partial charge in [0.25, 0.3) is 11.5 Å². The summed E-state index contributed by atoms with van der Waals surface area (Å²) in [5.74, 6) is 0.0270. The third-order valence-electron chi connectivity index (χ3n) is 5.71. The molecule has 11 heteroatoms. The quantitative estimate of drug-likeness (QED) is 0.309. The van der Waals surface area contributed by atoms with Gasteiger partial charge in [0.2, 0.25) is 5.88 Å². The Balaban J connectivity index is 1.59. The van der Waals surface area contributed by atoms with Gasteiger partial charge in [0.15, 0.2) is 0 Å². The molecular weight excluding hydrogens is 529 g/mol. The van der Waals surface area contributed by atoms with E-state index in [1.165, 1.54) is 21.4 Å². The number of hydrogen-bond donors (Lipinski definition) is 0. The molecule has 2 aliphatic rings. The van der Waals surface area contributed by atoms with Gasteiger partial charge in [0.05, 0.1) is 22.6 Å². The summed E-state index contributed by atoms with van der Waals surface area (Å²) in [7, 11) is 0. The van der Waals surface area contributed by atoms with Crippen molar-refractivity contribution in [2.24, 2.45) is 0 Å². The maximum atomic E-state index is 13.5. The van der Waals surface area contributed by atoms with E-state index in [1.54, 1.807) is 24.4 Å². The van der Waals surface area contributed by atoms with Crippen molar-refractivity contribution in [2.45, 2.75) is 25.9 Å². The lowest BCUT2D eigenvalue weighted by molar-refractivity contribution is -0.123. The lowest BCUT2D eigenvalue weighted by atomic mass is 10.2.